The Morgan fingerprint density at radius 3 is 2.19 bits per heavy atom. The molecule has 0 amide bonds. The first-order chi connectivity index (χ1) is 9.59. The molecule has 1 aromatic carbocycles. The fourth-order valence-electron chi connectivity index (χ4n) is 2.17. The molecule has 114 valence electrons. The zero-order valence-electron chi connectivity index (χ0n) is 13.2. The highest BCUT2D eigenvalue weighted by Gasteiger charge is 2.51. The third-order valence-corrected chi connectivity index (χ3v) is 5.26. The Labute approximate surface area is 134 Å². The minimum Gasteiger partial charge on any atom is -0.465 e. The average Bonchev–Trinajstić information content (AvgIpc) is 2.60. The van der Waals surface area contributed by atoms with E-state index in [4.69, 9.17) is 14.0 Å². The molecule has 0 saturated carbocycles. The van der Waals surface area contributed by atoms with Crippen molar-refractivity contribution in [3.8, 4) is 0 Å². The maximum atomic E-state index is 11.9. The number of carbonyl (C=O) groups is 1. The number of benzene rings is 1. The smallest absolute Gasteiger partial charge is 0.465 e. The van der Waals surface area contributed by atoms with Crippen LogP contribution in [0.15, 0.2) is 16.6 Å². The molecule has 1 aliphatic heterocycles. The Morgan fingerprint density at radius 2 is 1.71 bits per heavy atom. The Kier molecular flexibility index (Phi) is 4.26. The van der Waals surface area contributed by atoms with Gasteiger partial charge in [0.25, 0.3) is 0 Å². The van der Waals surface area contributed by atoms with E-state index in [1.807, 2.05) is 40.7 Å². The molecular formula is C15H20BBrO4. The van der Waals surface area contributed by atoms with Crippen LogP contribution in [0.4, 0.5) is 0 Å². The summed E-state index contributed by atoms with van der Waals surface area (Å²) in [5.74, 6) is -0.386. The molecule has 0 N–H and O–H groups in total. The van der Waals surface area contributed by atoms with Crippen LogP contribution in [0.2, 0.25) is 0 Å². The van der Waals surface area contributed by atoms with Crippen molar-refractivity contribution in [3.05, 3.63) is 27.7 Å². The molecule has 0 aromatic heterocycles. The van der Waals surface area contributed by atoms with E-state index >= 15 is 0 Å². The van der Waals surface area contributed by atoms with Crippen LogP contribution in [0.3, 0.4) is 0 Å². The Morgan fingerprint density at radius 1 is 1.19 bits per heavy atom. The second-order valence-corrected chi connectivity index (χ2v) is 7.07. The lowest BCUT2D eigenvalue weighted by Gasteiger charge is -2.32. The highest BCUT2D eigenvalue weighted by atomic mass is 79.9. The molecule has 2 rings (SSSR count). The van der Waals surface area contributed by atoms with Gasteiger partial charge in [0.05, 0.1) is 23.9 Å². The molecule has 21 heavy (non-hydrogen) atoms. The molecule has 4 nitrogen and oxygen atoms in total. The van der Waals surface area contributed by atoms with E-state index in [2.05, 4.69) is 15.9 Å². The molecule has 1 fully saturated rings. The van der Waals surface area contributed by atoms with Gasteiger partial charge in [-0.25, -0.2) is 4.79 Å². The molecule has 1 aromatic rings. The number of aryl methyl sites for hydroxylation is 1. The van der Waals surface area contributed by atoms with Gasteiger partial charge in [-0.1, -0.05) is 6.07 Å². The molecule has 0 atom stereocenters. The highest BCUT2D eigenvalue weighted by Crippen LogP contribution is 2.36. The lowest BCUT2D eigenvalue weighted by atomic mass is 9.77. The van der Waals surface area contributed by atoms with Crippen molar-refractivity contribution < 1.29 is 18.8 Å². The average molecular weight is 355 g/mol. The third kappa shape index (κ3) is 2.89. The van der Waals surface area contributed by atoms with E-state index in [1.54, 1.807) is 6.07 Å². The fraction of sp³-hybridized carbons (Fsp3) is 0.533. The summed E-state index contributed by atoms with van der Waals surface area (Å²) in [6.07, 6.45) is 0. The number of halogens is 1. The van der Waals surface area contributed by atoms with Crippen LogP contribution in [0.25, 0.3) is 0 Å². The molecule has 0 bridgehead atoms. The Hall–Kier alpha value is -0.845. The van der Waals surface area contributed by atoms with E-state index in [0.717, 1.165) is 15.5 Å². The van der Waals surface area contributed by atoms with Crippen LogP contribution < -0.4 is 5.46 Å². The molecule has 0 unspecified atom stereocenters. The molecule has 1 heterocycles. The van der Waals surface area contributed by atoms with Gasteiger partial charge in [0.2, 0.25) is 0 Å². The molecule has 0 spiro atoms. The summed E-state index contributed by atoms with van der Waals surface area (Å²) in [5.41, 5.74) is 1.40. The number of esters is 1. The SMILES string of the molecule is COC(=O)c1cc(B2OC(C)(C)C(C)(C)O2)cc(C)c1Br. The fourth-order valence-corrected chi connectivity index (χ4v) is 2.56. The number of hydrogen-bond donors (Lipinski definition) is 0. The number of methoxy groups -OCH3 is 1. The van der Waals surface area contributed by atoms with Gasteiger partial charge in [-0.2, -0.15) is 0 Å². The minimum atomic E-state index is -0.495. The van der Waals surface area contributed by atoms with Gasteiger partial charge in [-0.05, 0) is 67.6 Å². The van der Waals surface area contributed by atoms with Crippen molar-refractivity contribution in [2.75, 3.05) is 7.11 Å². The van der Waals surface area contributed by atoms with Gasteiger partial charge in [-0.3, -0.25) is 0 Å². The first-order valence-corrected chi connectivity index (χ1v) is 7.62. The van der Waals surface area contributed by atoms with Gasteiger partial charge >= 0.3 is 13.1 Å². The largest absolute Gasteiger partial charge is 0.494 e. The monoisotopic (exact) mass is 354 g/mol. The van der Waals surface area contributed by atoms with Crippen LogP contribution in [0.5, 0.6) is 0 Å². The Bertz CT molecular complexity index is 567. The maximum Gasteiger partial charge on any atom is 0.494 e. The van der Waals surface area contributed by atoms with Gasteiger partial charge < -0.3 is 14.0 Å². The number of carbonyl (C=O) groups excluding carboxylic acids is 1. The van der Waals surface area contributed by atoms with Crippen LogP contribution in [-0.4, -0.2) is 31.4 Å². The van der Waals surface area contributed by atoms with E-state index in [0.29, 0.717) is 5.56 Å². The van der Waals surface area contributed by atoms with E-state index in [1.165, 1.54) is 7.11 Å². The standard InChI is InChI=1S/C15H20BBrO4/c1-9-7-10(8-11(12(9)17)13(18)19-6)16-20-14(2,3)15(4,5)21-16/h7-8H,1-6H3. The summed E-state index contributed by atoms with van der Waals surface area (Å²) in [5, 5.41) is 0. The predicted octanol–water partition coefficient (Wildman–Crippen LogP) is 2.84. The zero-order chi connectivity index (χ0) is 16.0. The first kappa shape index (κ1) is 16.5. The van der Waals surface area contributed by atoms with Crippen LogP contribution in [-0.2, 0) is 14.0 Å². The summed E-state index contributed by atoms with van der Waals surface area (Å²) in [6.45, 7) is 9.92. The van der Waals surface area contributed by atoms with Crippen LogP contribution >= 0.6 is 15.9 Å². The maximum absolute atomic E-state index is 11.9. The highest BCUT2D eigenvalue weighted by molar-refractivity contribution is 9.10. The van der Waals surface area contributed by atoms with Gasteiger partial charge in [-0.15, -0.1) is 0 Å². The summed E-state index contributed by atoms with van der Waals surface area (Å²) >= 11 is 3.43. The van der Waals surface area contributed by atoms with Crippen LogP contribution in [0, 0.1) is 6.92 Å². The minimum absolute atomic E-state index is 0.386. The molecule has 1 saturated heterocycles. The topological polar surface area (TPSA) is 44.8 Å². The summed E-state index contributed by atoms with van der Waals surface area (Å²) in [4.78, 5) is 11.9. The summed E-state index contributed by atoms with van der Waals surface area (Å²) in [6, 6.07) is 3.71. The van der Waals surface area contributed by atoms with Crippen molar-refractivity contribution >= 4 is 34.5 Å². The van der Waals surface area contributed by atoms with Crippen molar-refractivity contribution in [2.45, 2.75) is 45.8 Å². The van der Waals surface area contributed by atoms with Crippen LogP contribution in [0.1, 0.15) is 43.6 Å². The van der Waals surface area contributed by atoms with Crippen molar-refractivity contribution in [3.63, 3.8) is 0 Å². The molecule has 6 heteroatoms. The predicted molar refractivity (Wildman–Crippen MR) is 85.9 cm³/mol. The van der Waals surface area contributed by atoms with Crippen molar-refractivity contribution in [2.24, 2.45) is 0 Å². The second kappa shape index (κ2) is 5.41. The third-order valence-electron chi connectivity index (χ3n) is 4.21. The lowest BCUT2D eigenvalue weighted by molar-refractivity contribution is 0.00578. The van der Waals surface area contributed by atoms with Crippen molar-refractivity contribution in [1.82, 2.24) is 0 Å². The van der Waals surface area contributed by atoms with E-state index < -0.39 is 18.3 Å². The number of hydrogen-bond acceptors (Lipinski definition) is 4. The molecule has 0 radical (unpaired) electrons. The van der Waals surface area contributed by atoms with E-state index in [9.17, 15) is 4.79 Å². The van der Waals surface area contributed by atoms with Gasteiger partial charge in [0, 0.05) is 4.47 Å². The first-order valence-electron chi connectivity index (χ1n) is 6.83. The molecule has 0 aliphatic carbocycles. The summed E-state index contributed by atoms with van der Waals surface area (Å²) in [7, 11) is 0.871. The van der Waals surface area contributed by atoms with Crippen molar-refractivity contribution in [1.29, 1.82) is 0 Å². The lowest BCUT2D eigenvalue weighted by Crippen LogP contribution is -2.41. The Balaban J connectivity index is 2.43. The molecule has 1 aliphatic rings. The van der Waals surface area contributed by atoms with Gasteiger partial charge in [0.1, 0.15) is 0 Å². The van der Waals surface area contributed by atoms with Gasteiger partial charge in [0.15, 0.2) is 0 Å². The molecular weight excluding hydrogens is 335 g/mol. The quantitative estimate of drug-likeness (QED) is 0.605. The normalized spacial score (nSPS) is 19.7. The number of rotatable bonds is 2. The number of ether oxygens (including phenoxy) is 1. The van der Waals surface area contributed by atoms with E-state index in [-0.39, 0.29) is 5.97 Å². The summed E-state index contributed by atoms with van der Waals surface area (Å²) < 4.78 is 17.6. The second-order valence-electron chi connectivity index (χ2n) is 6.28. The zero-order valence-corrected chi connectivity index (χ0v) is 14.8.